The molecule has 0 saturated carbocycles. The Kier molecular flexibility index (Phi) is 6.31. The van der Waals surface area contributed by atoms with Gasteiger partial charge in [0.15, 0.2) is 0 Å². The molecule has 7 nitrogen and oxygen atoms in total. The Balaban J connectivity index is 2.39. The van der Waals surface area contributed by atoms with Gasteiger partial charge >= 0.3 is 0 Å². The van der Waals surface area contributed by atoms with Crippen LogP contribution in [0.5, 0.6) is 5.75 Å². The molecule has 1 unspecified atom stereocenters. The van der Waals surface area contributed by atoms with Crippen molar-refractivity contribution in [3.8, 4) is 5.75 Å². The highest BCUT2D eigenvalue weighted by molar-refractivity contribution is 7.89. The van der Waals surface area contributed by atoms with Gasteiger partial charge < -0.3 is 15.8 Å². The maximum Gasteiger partial charge on any atom is 0.251 e. The standard InChI is InChI=1S/C18H29N3O4S/c1-13(2)18(3,12-19)20-17(22)14-7-8-15(25-4)16(11-14)26(23,24)21-9-5-6-10-21/h7-8,11,13H,5-6,9-10,12,19H2,1-4H3,(H,20,22). The van der Waals surface area contributed by atoms with Crippen LogP contribution in [-0.4, -0.2) is 50.9 Å². The van der Waals surface area contributed by atoms with Crippen molar-refractivity contribution in [2.24, 2.45) is 11.7 Å². The molecule has 2 rings (SSSR count). The van der Waals surface area contributed by atoms with Crippen LogP contribution in [0, 0.1) is 5.92 Å². The predicted octanol–water partition coefficient (Wildman–Crippen LogP) is 1.58. The van der Waals surface area contributed by atoms with Gasteiger partial charge in [0, 0.05) is 25.2 Å². The summed E-state index contributed by atoms with van der Waals surface area (Å²) in [6, 6.07) is 4.47. The number of nitrogens with two attached hydrogens (primary N) is 1. The van der Waals surface area contributed by atoms with Crippen LogP contribution in [-0.2, 0) is 10.0 Å². The first-order chi connectivity index (χ1) is 12.2. The summed E-state index contributed by atoms with van der Waals surface area (Å²) in [6.07, 6.45) is 1.68. The second kappa shape index (κ2) is 7.94. The second-order valence-corrected chi connectivity index (χ2v) is 9.11. The molecule has 1 saturated heterocycles. The Labute approximate surface area is 155 Å². The predicted molar refractivity (Wildman–Crippen MR) is 101 cm³/mol. The summed E-state index contributed by atoms with van der Waals surface area (Å²) >= 11 is 0. The molecule has 1 aliphatic rings. The Morgan fingerprint density at radius 1 is 1.35 bits per heavy atom. The number of methoxy groups -OCH3 is 1. The number of nitrogens with one attached hydrogen (secondary N) is 1. The number of nitrogens with zero attached hydrogens (tertiary/aromatic N) is 1. The van der Waals surface area contributed by atoms with Gasteiger partial charge in [0.05, 0.1) is 12.6 Å². The van der Waals surface area contributed by atoms with Crippen molar-refractivity contribution in [1.82, 2.24) is 9.62 Å². The lowest BCUT2D eigenvalue weighted by molar-refractivity contribution is 0.0883. The van der Waals surface area contributed by atoms with Crippen molar-refractivity contribution >= 4 is 15.9 Å². The quantitative estimate of drug-likeness (QED) is 0.744. The van der Waals surface area contributed by atoms with E-state index in [4.69, 9.17) is 10.5 Å². The van der Waals surface area contributed by atoms with Crippen LogP contribution in [0.15, 0.2) is 23.1 Å². The number of hydrogen-bond donors (Lipinski definition) is 2. The van der Waals surface area contributed by atoms with Gasteiger partial charge in [-0.2, -0.15) is 4.31 Å². The maximum absolute atomic E-state index is 12.9. The first-order valence-electron chi connectivity index (χ1n) is 8.86. The van der Waals surface area contributed by atoms with Crippen molar-refractivity contribution in [2.75, 3.05) is 26.7 Å². The first kappa shape index (κ1) is 20.7. The summed E-state index contributed by atoms with van der Waals surface area (Å²) in [5, 5.41) is 2.93. The average Bonchev–Trinajstić information content (AvgIpc) is 3.16. The van der Waals surface area contributed by atoms with E-state index in [2.05, 4.69) is 5.32 Å². The third kappa shape index (κ3) is 4.02. The Hall–Kier alpha value is -1.64. The van der Waals surface area contributed by atoms with Crippen LogP contribution in [0.2, 0.25) is 0 Å². The molecule has 1 fully saturated rings. The zero-order valence-corrected chi connectivity index (χ0v) is 16.7. The highest BCUT2D eigenvalue weighted by Gasteiger charge is 2.32. The number of sulfonamides is 1. The number of amides is 1. The number of carbonyl (C=O) groups excluding carboxylic acids is 1. The maximum atomic E-state index is 12.9. The van der Waals surface area contributed by atoms with Gasteiger partial charge in [-0.15, -0.1) is 0 Å². The monoisotopic (exact) mass is 383 g/mol. The van der Waals surface area contributed by atoms with E-state index < -0.39 is 15.6 Å². The summed E-state index contributed by atoms with van der Waals surface area (Å²) in [6.45, 7) is 7.09. The smallest absolute Gasteiger partial charge is 0.251 e. The fraction of sp³-hybridized carbons (Fsp3) is 0.611. The Morgan fingerprint density at radius 2 is 1.96 bits per heavy atom. The van der Waals surface area contributed by atoms with Gasteiger partial charge in [0.1, 0.15) is 10.6 Å². The molecule has 0 aromatic heterocycles. The molecule has 0 radical (unpaired) electrons. The number of carbonyl (C=O) groups is 1. The molecule has 0 bridgehead atoms. The first-order valence-corrected chi connectivity index (χ1v) is 10.3. The molecule has 146 valence electrons. The molecule has 8 heteroatoms. The van der Waals surface area contributed by atoms with E-state index in [1.807, 2.05) is 20.8 Å². The van der Waals surface area contributed by atoms with E-state index in [1.165, 1.54) is 23.5 Å². The number of rotatable bonds is 7. The van der Waals surface area contributed by atoms with Crippen LogP contribution in [0.3, 0.4) is 0 Å². The molecule has 1 aliphatic heterocycles. The summed E-state index contributed by atoms with van der Waals surface area (Å²) in [4.78, 5) is 12.7. The van der Waals surface area contributed by atoms with Crippen molar-refractivity contribution in [1.29, 1.82) is 0 Å². The third-order valence-electron chi connectivity index (χ3n) is 5.21. The lowest BCUT2D eigenvalue weighted by Gasteiger charge is -2.33. The largest absolute Gasteiger partial charge is 0.495 e. The Morgan fingerprint density at radius 3 is 2.46 bits per heavy atom. The third-order valence-corrected chi connectivity index (χ3v) is 7.13. The summed E-state index contributed by atoms with van der Waals surface area (Å²) in [7, 11) is -2.28. The molecule has 1 amide bonds. The van der Waals surface area contributed by atoms with Crippen LogP contribution in [0.25, 0.3) is 0 Å². The lowest BCUT2D eigenvalue weighted by Crippen LogP contribution is -2.55. The van der Waals surface area contributed by atoms with Gasteiger partial charge in [0.25, 0.3) is 5.91 Å². The molecule has 0 spiro atoms. The van der Waals surface area contributed by atoms with Crippen molar-refractivity contribution in [2.45, 2.75) is 44.0 Å². The molecular formula is C18H29N3O4S. The van der Waals surface area contributed by atoms with Gasteiger partial charge in [-0.3, -0.25) is 4.79 Å². The van der Waals surface area contributed by atoms with Gasteiger partial charge in [-0.25, -0.2) is 8.42 Å². The number of ether oxygens (including phenoxy) is 1. The fourth-order valence-corrected chi connectivity index (χ4v) is 4.55. The van der Waals surface area contributed by atoms with Crippen molar-refractivity contribution in [3.63, 3.8) is 0 Å². The van der Waals surface area contributed by atoms with E-state index in [-0.39, 0.29) is 34.6 Å². The van der Waals surface area contributed by atoms with Crippen molar-refractivity contribution in [3.05, 3.63) is 23.8 Å². The van der Waals surface area contributed by atoms with Crippen molar-refractivity contribution < 1.29 is 17.9 Å². The topological polar surface area (TPSA) is 102 Å². The SMILES string of the molecule is COc1ccc(C(=O)NC(C)(CN)C(C)C)cc1S(=O)(=O)N1CCCC1. The second-order valence-electron chi connectivity index (χ2n) is 7.21. The molecule has 1 atom stereocenters. The summed E-state index contributed by atoms with van der Waals surface area (Å²) in [5.41, 5.74) is 5.51. The van der Waals surface area contributed by atoms with E-state index in [0.29, 0.717) is 13.1 Å². The minimum absolute atomic E-state index is 0.0218. The summed E-state index contributed by atoms with van der Waals surface area (Å²) < 4.78 is 32.5. The van der Waals surface area contributed by atoms with Crippen LogP contribution >= 0.6 is 0 Å². The van der Waals surface area contributed by atoms with E-state index >= 15 is 0 Å². The van der Waals surface area contributed by atoms with Crippen LogP contribution < -0.4 is 15.8 Å². The molecular weight excluding hydrogens is 354 g/mol. The van der Waals surface area contributed by atoms with Gasteiger partial charge in [-0.05, 0) is 43.9 Å². The van der Waals surface area contributed by atoms with Gasteiger partial charge in [0.2, 0.25) is 10.0 Å². The molecule has 3 N–H and O–H groups in total. The van der Waals surface area contributed by atoms with Crippen LogP contribution in [0.4, 0.5) is 0 Å². The minimum atomic E-state index is -3.70. The number of hydrogen-bond acceptors (Lipinski definition) is 5. The molecule has 26 heavy (non-hydrogen) atoms. The molecule has 1 aromatic carbocycles. The fourth-order valence-electron chi connectivity index (χ4n) is 2.85. The van der Waals surface area contributed by atoms with E-state index in [1.54, 1.807) is 6.07 Å². The van der Waals surface area contributed by atoms with E-state index in [0.717, 1.165) is 12.8 Å². The number of benzene rings is 1. The minimum Gasteiger partial charge on any atom is -0.495 e. The molecule has 1 aromatic rings. The van der Waals surface area contributed by atoms with E-state index in [9.17, 15) is 13.2 Å². The zero-order valence-electron chi connectivity index (χ0n) is 15.9. The average molecular weight is 384 g/mol. The zero-order chi connectivity index (χ0) is 19.5. The molecule has 0 aliphatic carbocycles. The van der Waals surface area contributed by atoms with Gasteiger partial charge in [-0.1, -0.05) is 13.8 Å². The summed E-state index contributed by atoms with van der Waals surface area (Å²) in [5.74, 6) is 0.00794. The van der Waals surface area contributed by atoms with Crippen LogP contribution in [0.1, 0.15) is 44.0 Å². The highest BCUT2D eigenvalue weighted by Crippen LogP contribution is 2.30. The molecule has 1 heterocycles. The highest BCUT2D eigenvalue weighted by atomic mass is 32.2. The Bertz CT molecular complexity index is 758. The lowest BCUT2D eigenvalue weighted by atomic mass is 9.88. The normalized spacial score (nSPS) is 17.9.